The summed E-state index contributed by atoms with van der Waals surface area (Å²) in [6.45, 7) is 0.688. The number of ether oxygens (including phenoxy) is 1. The van der Waals surface area contributed by atoms with Gasteiger partial charge in [0.25, 0.3) is 0 Å². The molecular weight excluding hydrogens is 456 g/mol. The minimum Gasteiger partial charge on any atom is -0.465 e. The van der Waals surface area contributed by atoms with E-state index in [9.17, 15) is 9.59 Å². The quantitative estimate of drug-likeness (QED) is 0.371. The normalized spacial score (nSPS) is 15.2. The zero-order valence-electron chi connectivity index (χ0n) is 18.5. The van der Waals surface area contributed by atoms with Crippen LogP contribution in [0, 0.1) is 0 Å². The molecule has 7 nitrogen and oxygen atoms in total. The Kier molecular flexibility index (Phi) is 6.50. The molecule has 5 rings (SSSR count). The molecule has 2 heterocycles. The van der Waals surface area contributed by atoms with E-state index in [0.717, 1.165) is 55.1 Å². The van der Waals surface area contributed by atoms with E-state index in [4.69, 9.17) is 4.74 Å². The van der Waals surface area contributed by atoms with Gasteiger partial charge in [-0.2, -0.15) is 0 Å². The van der Waals surface area contributed by atoms with Crippen LogP contribution in [0.5, 0.6) is 0 Å². The fourth-order valence-corrected chi connectivity index (χ4v) is 6.27. The minimum absolute atomic E-state index is 0.161. The number of benzene rings is 1. The summed E-state index contributed by atoms with van der Waals surface area (Å²) in [7, 11) is 1.38. The van der Waals surface area contributed by atoms with E-state index in [1.807, 2.05) is 18.2 Å². The van der Waals surface area contributed by atoms with E-state index in [1.54, 1.807) is 0 Å². The van der Waals surface area contributed by atoms with Crippen molar-refractivity contribution in [1.82, 2.24) is 14.8 Å². The molecule has 0 unspecified atom stereocenters. The number of nitrogens with one attached hydrogen (secondary N) is 1. The first-order valence-corrected chi connectivity index (χ1v) is 13.1. The summed E-state index contributed by atoms with van der Waals surface area (Å²) in [5.41, 5.74) is 2.74. The predicted octanol–water partition coefficient (Wildman–Crippen LogP) is 4.66. The van der Waals surface area contributed by atoms with Gasteiger partial charge in [0.05, 0.1) is 25.0 Å². The molecule has 0 bridgehead atoms. The van der Waals surface area contributed by atoms with Crippen molar-refractivity contribution in [3.05, 3.63) is 57.7 Å². The van der Waals surface area contributed by atoms with Crippen molar-refractivity contribution in [2.45, 2.75) is 56.1 Å². The zero-order valence-corrected chi connectivity index (χ0v) is 20.1. The molecule has 172 valence electrons. The van der Waals surface area contributed by atoms with Gasteiger partial charge >= 0.3 is 5.97 Å². The third kappa shape index (κ3) is 4.84. The largest absolute Gasteiger partial charge is 0.465 e. The van der Waals surface area contributed by atoms with Crippen LogP contribution in [0.15, 0.2) is 35.5 Å². The maximum absolute atomic E-state index is 12.8. The molecule has 0 saturated heterocycles. The summed E-state index contributed by atoms with van der Waals surface area (Å²) in [5, 5.41) is 13.1. The summed E-state index contributed by atoms with van der Waals surface area (Å²) in [6.07, 6.45) is 6.23. The number of anilines is 1. The second kappa shape index (κ2) is 9.69. The van der Waals surface area contributed by atoms with E-state index in [1.165, 1.54) is 40.6 Å². The number of rotatable bonds is 8. The van der Waals surface area contributed by atoms with E-state index in [-0.39, 0.29) is 17.6 Å². The van der Waals surface area contributed by atoms with Crippen LogP contribution in [0.25, 0.3) is 0 Å². The molecule has 1 saturated carbocycles. The van der Waals surface area contributed by atoms with Crippen LogP contribution >= 0.6 is 23.1 Å². The van der Waals surface area contributed by atoms with Gasteiger partial charge in [-0.1, -0.05) is 42.1 Å². The van der Waals surface area contributed by atoms with Crippen LogP contribution in [0.2, 0.25) is 0 Å². The van der Waals surface area contributed by atoms with Gasteiger partial charge in [-0.25, -0.2) is 4.79 Å². The highest BCUT2D eigenvalue weighted by atomic mass is 32.2. The Morgan fingerprint density at radius 1 is 1.18 bits per heavy atom. The third-order valence-electron chi connectivity index (χ3n) is 6.02. The highest BCUT2D eigenvalue weighted by Gasteiger charge is 2.31. The zero-order chi connectivity index (χ0) is 22.8. The molecule has 33 heavy (non-hydrogen) atoms. The number of thiophene rings is 1. The lowest BCUT2D eigenvalue weighted by molar-refractivity contribution is -0.113. The molecule has 3 aromatic rings. The van der Waals surface area contributed by atoms with Crippen molar-refractivity contribution < 1.29 is 14.3 Å². The lowest BCUT2D eigenvalue weighted by Gasteiger charge is -2.12. The number of hydrogen-bond acceptors (Lipinski definition) is 7. The van der Waals surface area contributed by atoms with Crippen LogP contribution in [0.4, 0.5) is 5.00 Å². The van der Waals surface area contributed by atoms with Crippen LogP contribution in [-0.4, -0.2) is 39.5 Å². The average Bonchev–Trinajstić information content (AvgIpc) is 3.50. The molecule has 2 aromatic heterocycles. The van der Waals surface area contributed by atoms with Crippen molar-refractivity contribution in [1.29, 1.82) is 0 Å². The van der Waals surface area contributed by atoms with Crippen LogP contribution in [-0.2, 0) is 28.9 Å². The fraction of sp³-hybridized carbons (Fsp3) is 0.417. The molecule has 0 aliphatic heterocycles. The lowest BCUT2D eigenvalue weighted by atomic mass is 9.95. The van der Waals surface area contributed by atoms with Gasteiger partial charge in [-0.15, -0.1) is 21.5 Å². The average molecular weight is 483 g/mol. The standard InChI is InChI=1S/C24H26N4O3S2/c1-31-23(30)20-17-9-5-6-10-18(17)33-22(20)25-19(29)14-32-24-27-26-21(16-11-12-16)28(24)13-15-7-3-2-4-8-15/h2-4,7-8,16H,5-6,9-14H2,1H3,(H,25,29). The second-order valence-electron chi connectivity index (χ2n) is 8.43. The number of carbonyl (C=O) groups is 2. The van der Waals surface area contributed by atoms with Crippen molar-refractivity contribution in [2.75, 3.05) is 18.2 Å². The highest BCUT2D eigenvalue weighted by Crippen LogP contribution is 2.41. The fourth-order valence-electron chi connectivity index (χ4n) is 4.23. The Bertz CT molecular complexity index is 1170. The van der Waals surface area contributed by atoms with Crippen molar-refractivity contribution in [3.63, 3.8) is 0 Å². The molecule has 0 atom stereocenters. The summed E-state index contributed by atoms with van der Waals surface area (Å²) in [6, 6.07) is 10.2. The first-order valence-electron chi connectivity index (χ1n) is 11.3. The number of amides is 1. The Morgan fingerprint density at radius 3 is 2.73 bits per heavy atom. The third-order valence-corrected chi connectivity index (χ3v) is 8.19. The first kappa shape index (κ1) is 22.2. The summed E-state index contributed by atoms with van der Waals surface area (Å²) in [4.78, 5) is 26.5. The van der Waals surface area contributed by atoms with E-state index in [0.29, 0.717) is 23.0 Å². The topological polar surface area (TPSA) is 86.1 Å². The number of methoxy groups -OCH3 is 1. The smallest absolute Gasteiger partial charge is 0.341 e. The Balaban J connectivity index is 1.30. The molecule has 0 spiro atoms. The monoisotopic (exact) mass is 482 g/mol. The minimum atomic E-state index is -0.381. The number of carbonyl (C=O) groups excluding carboxylic acids is 2. The molecule has 2 aliphatic rings. The molecule has 0 radical (unpaired) electrons. The Hall–Kier alpha value is -2.65. The van der Waals surface area contributed by atoms with Crippen molar-refractivity contribution in [2.24, 2.45) is 0 Å². The second-order valence-corrected chi connectivity index (χ2v) is 10.5. The molecule has 9 heteroatoms. The predicted molar refractivity (Wildman–Crippen MR) is 129 cm³/mol. The lowest BCUT2D eigenvalue weighted by Crippen LogP contribution is -2.17. The van der Waals surface area contributed by atoms with Gasteiger partial charge in [-0.3, -0.25) is 4.79 Å². The van der Waals surface area contributed by atoms with Gasteiger partial charge in [0.15, 0.2) is 5.16 Å². The number of fused-ring (bicyclic) bond motifs is 1. The van der Waals surface area contributed by atoms with Crippen LogP contribution in [0.1, 0.15) is 63.8 Å². The maximum atomic E-state index is 12.8. The van der Waals surface area contributed by atoms with E-state index >= 15 is 0 Å². The van der Waals surface area contributed by atoms with Gasteiger partial charge in [0, 0.05) is 10.8 Å². The number of aryl methyl sites for hydroxylation is 1. The number of nitrogens with zero attached hydrogens (tertiary/aromatic N) is 3. The summed E-state index contributed by atoms with van der Waals surface area (Å²) in [5.74, 6) is 1.12. The van der Waals surface area contributed by atoms with Crippen LogP contribution < -0.4 is 5.32 Å². The summed E-state index contributed by atoms with van der Waals surface area (Å²) < 4.78 is 7.14. The van der Waals surface area contributed by atoms with Crippen LogP contribution in [0.3, 0.4) is 0 Å². The molecule has 1 fully saturated rings. The van der Waals surface area contributed by atoms with Gasteiger partial charge in [0.2, 0.25) is 5.91 Å². The van der Waals surface area contributed by atoms with Gasteiger partial charge < -0.3 is 14.6 Å². The molecule has 1 N–H and O–H groups in total. The SMILES string of the molecule is COC(=O)c1c(NC(=O)CSc2nnc(C3CC3)n2Cc2ccccc2)sc2c1CCCC2. The van der Waals surface area contributed by atoms with E-state index < -0.39 is 0 Å². The number of hydrogen-bond donors (Lipinski definition) is 1. The summed E-state index contributed by atoms with van der Waals surface area (Å²) >= 11 is 2.88. The Morgan fingerprint density at radius 2 is 1.97 bits per heavy atom. The maximum Gasteiger partial charge on any atom is 0.341 e. The molecule has 1 amide bonds. The highest BCUT2D eigenvalue weighted by molar-refractivity contribution is 7.99. The number of aromatic nitrogens is 3. The molecule has 2 aliphatic carbocycles. The van der Waals surface area contributed by atoms with Gasteiger partial charge in [-0.05, 0) is 49.7 Å². The van der Waals surface area contributed by atoms with E-state index in [2.05, 4.69) is 32.2 Å². The molecular formula is C24H26N4O3S2. The van der Waals surface area contributed by atoms with Crippen molar-refractivity contribution >= 4 is 40.0 Å². The number of esters is 1. The molecule has 1 aromatic carbocycles. The number of thioether (sulfide) groups is 1. The van der Waals surface area contributed by atoms with Gasteiger partial charge in [0.1, 0.15) is 10.8 Å². The van der Waals surface area contributed by atoms with Crippen molar-refractivity contribution in [3.8, 4) is 0 Å². The first-order chi connectivity index (χ1) is 16.1. The Labute approximate surface area is 200 Å².